The first-order chi connectivity index (χ1) is 4.61. The molecule has 0 unspecified atom stereocenters. The number of benzene rings is 1. The Morgan fingerprint density at radius 2 is 1.60 bits per heavy atom. The normalized spacial score (nSPS) is 9.80. The summed E-state index contributed by atoms with van der Waals surface area (Å²) in [6, 6.07) is 3.68. The van der Waals surface area contributed by atoms with Crippen molar-refractivity contribution in [1.82, 2.24) is 0 Å². The minimum atomic E-state index is 0.729. The number of hydrogen-bond donors (Lipinski definition) is 2. The topological polar surface area (TPSA) is 52.0 Å². The van der Waals surface area contributed by atoms with E-state index in [0.717, 1.165) is 21.4 Å². The lowest BCUT2D eigenvalue weighted by Gasteiger charge is -2.03. The smallest absolute Gasteiger partial charge is 0.0375 e. The predicted molar refractivity (Wildman–Crippen MR) is 47.7 cm³/mol. The highest BCUT2D eigenvalue weighted by atomic mass is 79.9. The maximum Gasteiger partial charge on any atom is 0.0375 e. The van der Waals surface area contributed by atoms with Gasteiger partial charge in [-0.05, 0) is 24.6 Å². The number of hydrogen-bond acceptors (Lipinski definition) is 2. The van der Waals surface area contributed by atoms with Crippen LogP contribution in [0.2, 0.25) is 0 Å². The van der Waals surface area contributed by atoms with Gasteiger partial charge >= 0.3 is 0 Å². The van der Waals surface area contributed by atoms with Crippen molar-refractivity contribution in [3.63, 3.8) is 0 Å². The molecule has 10 heavy (non-hydrogen) atoms. The summed E-state index contributed by atoms with van der Waals surface area (Å²) < 4.78 is 0.924. The van der Waals surface area contributed by atoms with E-state index in [1.54, 1.807) is 0 Å². The molecule has 0 saturated heterocycles. The molecule has 0 heterocycles. The molecule has 0 saturated carbocycles. The van der Waals surface area contributed by atoms with Gasteiger partial charge < -0.3 is 11.5 Å². The van der Waals surface area contributed by atoms with Crippen LogP contribution in [0.1, 0.15) is 5.56 Å². The molecule has 0 amide bonds. The molecule has 1 aromatic carbocycles. The zero-order chi connectivity index (χ0) is 7.72. The molecule has 3 heteroatoms. The van der Waals surface area contributed by atoms with Crippen molar-refractivity contribution < 1.29 is 0 Å². The fourth-order valence-electron chi connectivity index (χ4n) is 0.722. The Balaban J connectivity index is 3.31. The Labute approximate surface area is 68.3 Å². The lowest BCUT2D eigenvalue weighted by molar-refractivity contribution is 1.46. The molecule has 0 aliphatic rings. The Hall–Kier alpha value is -0.700. The van der Waals surface area contributed by atoms with Gasteiger partial charge in [-0.1, -0.05) is 15.9 Å². The molecular formula is C7H9BrN2. The van der Waals surface area contributed by atoms with E-state index < -0.39 is 0 Å². The van der Waals surface area contributed by atoms with Crippen LogP contribution in [0.25, 0.3) is 0 Å². The van der Waals surface area contributed by atoms with Crippen LogP contribution in [-0.4, -0.2) is 0 Å². The summed E-state index contributed by atoms with van der Waals surface area (Å²) >= 11 is 3.29. The number of halogens is 1. The molecule has 2 nitrogen and oxygen atoms in total. The monoisotopic (exact) mass is 200 g/mol. The molecule has 0 atom stereocenters. The third-order valence-electron chi connectivity index (χ3n) is 1.45. The van der Waals surface area contributed by atoms with Crippen LogP contribution in [0.3, 0.4) is 0 Å². The second kappa shape index (κ2) is 2.50. The highest BCUT2D eigenvalue weighted by Gasteiger charge is 1.98. The van der Waals surface area contributed by atoms with Crippen LogP contribution >= 0.6 is 15.9 Å². The van der Waals surface area contributed by atoms with Crippen LogP contribution < -0.4 is 11.5 Å². The van der Waals surface area contributed by atoms with E-state index in [0.29, 0.717) is 0 Å². The Morgan fingerprint density at radius 3 is 2.00 bits per heavy atom. The Bertz CT molecular complexity index is 235. The van der Waals surface area contributed by atoms with Gasteiger partial charge in [0.05, 0.1) is 0 Å². The SMILES string of the molecule is Cc1c(N)cc(Br)cc1N. The minimum Gasteiger partial charge on any atom is -0.398 e. The summed E-state index contributed by atoms with van der Waals surface area (Å²) in [5, 5.41) is 0. The number of rotatable bonds is 0. The minimum absolute atomic E-state index is 0.729. The van der Waals surface area contributed by atoms with Gasteiger partial charge in [0.2, 0.25) is 0 Å². The molecule has 0 aromatic heterocycles. The summed E-state index contributed by atoms with van der Waals surface area (Å²) in [6.07, 6.45) is 0. The molecule has 0 spiro atoms. The Kier molecular flexibility index (Phi) is 1.85. The van der Waals surface area contributed by atoms with Crippen molar-refractivity contribution in [2.75, 3.05) is 11.5 Å². The first-order valence-electron chi connectivity index (χ1n) is 2.92. The number of nitrogen functional groups attached to an aromatic ring is 2. The van der Waals surface area contributed by atoms with E-state index in [4.69, 9.17) is 11.5 Å². The summed E-state index contributed by atoms with van der Waals surface area (Å²) in [5.74, 6) is 0. The predicted octanol–water partition coefficient (Wildman–Crippen LogP) is 1.92. The molecule has 0 fully saturated rings. The number of anilines is 2. The highest BCUT2D eigenvalue weighted by molar-refractivity contribution is 9.10. The average molecular weight is 201 g/mol. The van der Waals surface area contributed by atoms with Crippen molar-refractivity contribution in [2.45, 2.75) is 6.92 Å². The van der Waals surface area contributed by atoms with Crippen molar-refractivity contribution >= 4 is 27.3 Å². The molecule has 4 N–H and O–H groups in total. The molecular weight excluding hydrogens is 192 g/mol. The molecule has 0 radical (unpaired) electrons. The summed E-state index contributed by atoms with van der Waals surface area (Å²) in [7, 11) is 0. The zero-order valence-corrected chi connectivity index (χ0v) is 7.27. The molecule has 0 bridgehead atoms. The van der Waals surface area contributed by atoms with Gasteiger partial charge in [-0.15, -0.1) is 0 Å². The van der Waals surface area contributed by atoms with E-state index in [2.05, 4.69) is 15.9 Å². The first-order valence-corrected chi connectivity index (χ1v) is 3.71. The first kappa shape index (κ1) is 7.41. The lowest BCUT2D eigenvalue weighted by atomic mass is 10.2. The highest BCUT2D eigenvalue weighted by Crippen LogP contribution is 2.23. The van der Waals surface area contributed by atoms with Crippen LogP contribution in [0, 0.1) is 6.92 Å². The Morgan fingerprint density at radius 1 is 1.20 bits per heavy atom. The van der Waals surface area contributed by atoms with Gasteiger partial charge in [0, 0.05) is 15.8 Å². The molecule has 1 rings (SSSR count). The molecule has 1 aromatic rings. The third-order valence-corrected chi connectivity index (χ3v) is 1.91. The molecule has 0 aliphatic heterocycles. The fourth-order valence-corrected chi connectivity index (χ4v) is 1.22. The summed E-state index contributed by atoms with van der Waals surface area (Å²) in [4.78, 5) is 0. The molecule has 0 aliphatic carbocycles. The van der Waals surface area contributed by atoms with Crippen molar-refractivity contribution in [3.8, 4) is 0 Å². The van der Waals surface area contributed by atoms with E-state index in [9.17, 15) is 0 Å². The van der Waals surface area contributed by atoms with Crippen LogP contribution in [0.4, 0.5) is 11.4 Å². The quantitative estimate of drug-likeness (QED) is 0.630. The van der Waals surface area contributed by atoms with Gasteiger partial charge in [0.25, 0.3) is 0 Å². The van der Waals surface area contributed by atoms with Crippen molar-refractivity contribution in [1.29, 1.82) is 0 Å². The average Bonchev–Trinajstić information content (AvgIpc) is 1.82. The van der Waals surface area contributed by atoms with Gasteiger partial charge in [-0.2, -0.15) is 0 Å². The fraction of sp³-hybridized carbons (Fsp3) is 0.143. The summed E-state index contributed by atoms with van der Waals surface area (Å²) in [6.45, 7) is 1.90. The largest absolute Gasteiger partial charge is 0.398 e. The van der Waals surface area contributed by atoms with Gasteiger partial charge in [0.15, 0.2) is 0 Å². The standard InChI is InChI=1S/C7H9BrN2/c1-4-6(9)2-5(8)3-7(4)10/h2-3H,9-10H2,1H3. The maximum atomic E-state index is 5.61. The second-order valence-corrected chi connectivity index (χ2v) is 3.12. The summed E-state index contributed by atoms with van der Waals surface area (Å²) in [5.41, 5.74) is 13.6. The van der Waals surface area contributed by atoms with E-state index >= 15 is 0 Å². The van der Waals surface area contributed by atoms with Crippen molar-refractivity contribution in [3.05, 3.63) is 22.2 Å². The van der Waals surface area contributed by atoms with Crippen LogP contribution in [0.15, 0.2) is 16.6 Å². The van der Waals surface area contributed by atoms with E-state index in [1.165, 1.54) is 0 Å². The van der Waals surface area contributed by atoms with Gasteiger partial charge in [-0.25, -0.2) is 0 Å². The zero-order valence-electron chi connectivity index (χ0n) is 5.69. The van der Waals surface area contributed by atoms with Gasteiger partial charge in [-0.3, -0.25) is 0 Å². The number of nitrogens with two attached hydrogens (primary N) is 2. The molecule has 54 valence electrons. The second-order valence-electron chi connectivity index (χ2n) is 2.21. The van der Waals surface area contributed by atoms with Crippen LogP contribution in [0.5, 0.6) is 0 Å². The van der Waals surface area contributed by atoms with E-state index in [-0.39, 0.29) is 0 Å². The maximum absolute atomic E-state index is 5.61. The van der Waals surface area contributed by atoms with Gasteiger partial charge in [0.1, 0.15) is 0 Å². The lowest BCUT2D eigenvalue weighted by Crippen LogP contribution is -1.95. The van der Waals surface area contributed by atoms with Crippen LogP contribution in [-0.2, 0) is 0 Å². The third kappa shape index (κ3) is 1.24. The van der Waals surface area contributed by atoms with E-state index in [1.807, 2.05) is 19.1 Å². The van der Waals surface area contributed by atoms with Crippen molar-refractivity contribution in [2.24, 2.45) is 0 Å².